The molecule has 21 heavy (non-hydrogen) atoms. The van der Waals surface area contributed by atoms with Crippen molar-refractivity contribution in [1.82, 2.24) is 10.2 Å². The van der Waals surface area contributed by atoms with Crippen LogP contribution in [0.5, 0.6) is 0 Å². The van der Waals surface area contributed by atoms with Crippen LogP contribution in [0.3, 0.4) is 0 Å². The fraction of sp³-hybridized carbons (Fsp3) is 0.667. The Morgan fingerprint density at radius 1 is 1.33 bits per heavy atom. The zero-order valence-corrected chi connectivity index (χ0v) is 13.8. The predicted octanol–water partition coefficient (Wildman–Crippen LogP) is 3.01. The Morgan fingerprint density at radius 3 is 2.76 bits per heavy atom. The quantitative estimate of drug-likeness (QED) is 0.835. The highest BCUT2D eigenvalue weighted by molar-refractivity contribution is 5.24. The first-order valence-corrected chi connectivity index (χ1v) is 8.31. The number of nitrogens with one attached hydrogen (secondary N) is 1. The predicted molar refractivity (Wildman–Crippen MR) is 88.7 cm³/mol. The van der Waals surface area contributed by atoms with E-state index in [1.54, 1.807) is 0 Å². The molecule has 0 saturated carbocycles. The van der Waals surface area contributed by atoms with Gasteiger partial charge in [-0.1, -0.05) is 37.6 Å². The van der Waals surface area contributed by atoms with Crippen molar-refractivity contribution in [3.8, 4) is 0 Å². The number of unbranched alkanes of at least 4 members (excludes halogenated alkanes) is 1. The van der Waals surface area contributed by atoms with Crippen LogP contribution >= 0.6 is 0 Å². The number of benzene rings is 1. The first-order chi connectivity index (χ1) is 10.2. The summed E-state index contributed by atoms with van der Waals surface area (Å²) in [5, 5.41) is 3.60. The summed E-state index contributed by atoms with van der Waals surface area (Å²) in [5.41, 5.74) is 2.81. The average Bonchev–Trinajstić information content (AvgIpc) is 2.51. The Bertz CT molecular complexity index is 404. The number of rotatable bonds is 7. The molecule has 0 aromatic heterocycles. The van der Waals surface area contributed by atoms with Crippen LogP contribution in [0.4, 0.5) is 0 Å². The highest BCUT2D eigenvalue weighted by atomic mass is 16.5. The summed E-state index contributed by atoms with van der Waals surface area (Å²) in [7, 11) is 2.16. The molecule has 3 nitrogen and oxygen atoms in total. The second-order valence-electron chi connectivity index (χ2n) is 6.23. The molecule has 1 aliphatic heterocycles. The van der Waals surface area contributed by atoms with Gasteiger partial charge in [0.15, 0.2) is 0 Å². The van der Waals surface area contributed by atoms with E-state index >= 15 is 0 Å². The topological polar surface area (TPSA) is 24.5 Å². The normalized spacial score (nSPS) is 21.4. The first-order valence-electron chi connectivity index (χ1n) is 8.31. The fourth-order valence-corrected chi connectivity index (χ4v) is 2.77. The molecule has 3 heteroatoms. The molecule has 0 aliphatic carbocycles. The van der Waals surface area contributed by atoms with Gasteiger partial charge in [0.2, 0.25) is 0 Å². The maximum Gasteiger partial charge on any atom is 0.0826 e. The molecule has 2 atom stereocenters. The average molecular weight is 290 g/mol. The summed E-state index contributed by atoms with van der Waals surface area (Å²) >= 11 is 0. The fourth-order valence-electron chi connectivity index (χ4n) is 2.77. The highest BCUT2D eigenvalue weighted by Gasteiger charge is 2.18. The molecule has 0 spiro atoms. The van der Waals surface area contributed by atoms with E-state index in [1.165, 1.54) is 30.4 Å². The number of ether oxygens (including phenoxy) is 1. The molecule has 0 bridgehead atoms. The van der Waals surface area contributed by atoms with Crippen LogP contribution in [0.1, 0.15) is 43.9 Å². The molecule has 1 N–H and O–H groups in total. The SMILES string of the molecule is CCCCc1ccc(C(C)NCC2CN(C)CCO2)cc1. The van der Waals surface area contributed by atoms with Crippen molar-refractivity contribution in [3.05, 3.63) is 35.4 Å². The minimum absolute atomic E-state index is 0.315. The van der Waals surface area contributed by atoms with Crippen LogP contribution in [0.2, 0.25) is 0 Å². The number of aryl methyl sites for hydroxylation is 1. The van der Waals surface area contributed by atoms with Crippen LogP contribution in [0, 0.1) is 0 Å². The van der Waals surface area contributed by atoms with Crippen LogP contribution in [-0.4, -0.2) is 44.3 Å². The van der Waals surface area contributed by atoms with Gasteiger partial charge in [-0.25, -0.2) is 0 Å². The molecule has 0 radical (unpaired) electrons. The lowest BCUT2D eigenvalue weighted by molar-refractivity contribution is -0.0190. The summed E-state index contributed by atoms with van der Waals surface area (Å²) in [4.78, 5) is 2.34. The minimum atomic E-state index is 0.315. The van der Waals surface area contributed by atoms with Gasteiger partial charge in [-0.2, -0.15) is 0 Å². The molecule has 1 saturated heterocycles. The van der Waals surface area contributed by atoms with E-state index in [4.69, 9.17) is 4.74 Å². The molecule has 2 unspecified atom stereocenters. The van der Waals surface area contributed by atoms with Crippen LogP contribution in [0.15, 0.2) is 24.3 Å². The summed E-state index contributed by atoms with van der Waals surface area (Å²) in [6, 6.07) is 9.44. The molecule has 2 rings (SSSR count). The van der Waals surface area contributed by atoms with E-state index in [-0.39, 0.29) is 0 Å². The van der Waals surface area contributed by atoms with Gasteiger partial charge in [0.1, 0.15) is 0 Å². The molecule has 0 amide bonds. The molecule has 1 fully saturated rings. The van der Waals surface area contributed by atoms with Crippen molar-refractivity contribution in [3.63, 3.8) is 0 Å². The van der Waals surface area contributed by atoms with Gasteiger partial charge in [0.25, 0.3) is 0 Å². The summed E-state index contributed by atoms with van der Waals surface area (Å²) in [5.74, 6) is 0. The standard InChI is InChI=1S/C18H30N2O/c1-4-5-6-16-7-9-17(10-8-16)15(2)19-13-18-14-20(3)11-12-21-18/h7-10,15,18-19H,4-6,11-14H2,1-3H3. The zero-order chi connectivity index (χ0) is 15.1. The van der Waals surface area contributed by atoms with E-state index in [1.807, 2.05) is 0 Å². The van der Waals surface area contributed by atoms with Crippen molar-refractivity contribution in [2.24, 2.45) is 0 Å². The van der Waals surface area contributed by atoms with E-state index in [2.05, 4.69) is 55.4 Å². The monoisotopic (exact) mass is 290 g/mol. The Labute approximate surface area is 129 Å². The van der Waals surface area contributed by atoms with E-state index in [9.17, 15) is 0 Å². The molecular weight excluding hydrogens is 260 g/mol. The van der Waals surface area contributed by atoms with E-state index in [0.29, 0.717) is 12.1 Å². The third-order valence-corrected chi connectivity index (χ3v) is 4.29. The van der Waals surface area contributed by atoms with Gasteiger partial charge >= 0.3 is 0 Å². The van der Waals surface area contributed by atoms with Crippen LogP contribution < -0.4 is 5.32 Å². The molecule has 1 aromatic rings. The third-order valence-electron chi connectivity index (χ3n) is 4.29. The summed E-state index contributed by atoms with van der Waals surface area (Å²) in [6.45, 7) is 8.31. The van der Waals surface area contributed by atoms with Crippen molar-refractivity contribution in [1.29, 1.82) is 0 Å². The molecular formula is C18H30N2O. The molecule has 1 heterocycles. The smallest absolute Gasteiger partial charge is 0.0826 e. The highest BCUT2D eigenvalue weighted by Crippen LogP contribution is 2.15. The minimum Gasteiger partial charge on any atom is -0.374 e. The van der Waals surface area contributed by atoms with Crippen molar-refractivity contribution in [2.45, 2.75) is 45.3 Å². The van der Waals surface area contributed by atoms with Gasteiger partial charge < -0.3 is 15.0 Å². The maximum absolute atomic E-state index is 5.79. The largest absolute Gasteiger partial charge is 0.374 e. The van der Waals surface area contributed by atoms with Gasteiger partial charge in [-0.05, 0) is 37.9 Å². The van der Waals surface area contributed by atoms with Gasteiger partial charge in [0.05, 0.1) is 12.7 Å². The lowest BCUT2D eigenvalue weighted by Crippen LogP contribution is -2.45. The van der Waals surface area contributed by atoms with Gasteiger partial charge in [-0.3, -0.25) is 0 Å². The van der Waals surface area contributed by atoms with E-state index in [0.717, 1.165) is 26.2 Å². The Balaban J connectivity index is 1.78. The lowest BCUT2D eigenvalue weighted by Gasteiger charge is -2.31. The van der Waals surface area contributed by atoms with Crippen LogP contribution in [0.25, 0.3) is 0 Å². The number of hydrogen-bond donors (Lipinski definition) is 1. The molecule has 1 aromatic carbocycles. The van der Waals surface area contributed by atoms with Crippen molar-refractivity contribution < 1.29 is 4.74 Å². The third kappa shape index (κ3) is 5.42. The second-order valence-corrected chi connectivity index (χ2v) is 6.23. The number of nitrogens with zero attached hydrogens (tertiary/aromatic N) is 1. The lowest BCUT2D eigenvalue weighted by atomic mass is 10.0. The first kappa shape index (κ1) is 16.5. The zero-order valence-electron chi connectivity index (χ0n) is 13.8. The molecule has 118 valence electrons. The van der Waals surface area contributed by atoms with Crippen LogP contribution in [-0.2, 0) is 11.2 Å². The molecule has 1 aliphatic rings. The number of morpholine rings is 1. The van der Waals surface area contributed by atoms with Gasteiger partial charge in [-0.15, -0.1) is 0 Å². The number of likely N-dealkylation sites (N-methyl/N-ethyl adjacent to an activating group) is 1. The number of hydrogen-bond acceptors (Lipinski definition) is 3. The Hall–Kier alpha value is -0.900. The van der Waals surface area contributed by atoms with E-state index < -0.39 is 0 Å². The summed E-state index contributed by atoms with van der Waals surface area (Å²) in [6.07, 6.45) is 4.05. The van der Waals surface area contributed by atoms with Crippen molar-refractivity contribution >= 4 is 0 Å². The maximum atomic E-state index is 5.79. The Morgan fingerprint density at radius 2 is 2.10 bits per heavy atom. The Kier molecular flexibility index (Phi) is 6.68. The van der Waals surface area contributed by atoms with Gasteiger partial charge in [0, 0.05) is 25.7 Å². The second kappa shape index (κ2) is 8.52. The van der Waals surface area contributed by atoms with Crippen molar-refractivity contribution in [2.75, 3.05) is 33.3 Å². The summed E-state index contributed by atoms with van der Waals surface area (Å²) < 4.78 is 5.79.